The van der Waals surface area contributed by atoms with Crippen LogP contribution in [0.1, 0.15) is 6.92 Å². The maximum absolute atomic E-state index is 12.0. The van der Waals surface area contributed by atoms with E-state index in [1.165, 1.54) is 4.90 Å². The first-order valence-corrected chi connectivity index (χ1v) is 6.86. The number of piperazine rings is 1. The average molecular weight is 317 g/mol. The van der Waals surface area contributed by atoms with Crippen LogP contribution in [0.15, 0.2) is 18.2 Å². The van der Waals surface area contributed by atoms with Crippen molar-refractivity contribution < 1.29 is 14.3 Å². The molecule has 1 unspecified atom stereocenters. The number of benzene rings is 1. The summed E-state index contributed by atoms with van der Waals surface area (Å²) in [5.74, 6) is -0.0294. The fraction of sp³-hybridized carbons (Fsp3) is 0.385. The fourth-order valence-corrected chi connectivity index (χ4v) is 2.41. The van der Waals surface area contributed by atoms with Gasteiger partial charge in [0.1, 0.15) is 5.75 Å². The van der Waals surface area contributed by atoms with Gasteiger partial charge in [0, 0.05) is 17.6 Å². The normalized spacial score (nSPS) is 18.6. The van der Waals surface area contributed by atoms with E-state index in [-0.39, 0.29) is 31.0 Å². The zero-order chi connectivity index (χ0) is 14.7. The molecular weight excluding hydrogens is 303 g/mol. The average Bonchev–Trinajstić information content (AvgIpc) is 2.36. The number of ether oxygens (including phenoxy) is 1. The van der Waals surface area contributed by atoms with Crippen molar-refractivity contribution in [3.8, 4) is 5.75 Å². The SMILES string of the molecule is CC1CN(C(=O)COc2ccc(Cl)cc2Cl)CC(=O)N1. The lowest BCUT2D eigenvalue weighted by molar-refractivity contribution is -0.140. The third kappa shape index (κ3) is 3.77. The standard InChI is InChI=1S/C13H14Cl2N2O3/c1-8-5-17(6-12(18)16-8)13(19)7-20-11-3-2-9(14)4-10(11)15/h2-4,8H,5-7H2,1H3,(H,16,18). The molecule has 7 heteroatoms. The molecule has 1 heterocycles. The Morgan fingerprint density at radius 1 is 1.50 bits per heavy atom. The smallest absolute Gasteiger partial charge is 0.261 e. The van der Waals surface area contributed by atoms with Crippen molar-refractivity contribution in [2.45, 2.75) is 13.0 Å². The highest BCUT2D eigenvalue weighted by Gasteiger charge is 2.25. The van der Waals surface area contributed by atoms with Crippen LogP contribution < -0.4 is 10.1 Å². The topological polar surface area (TPSA) is 58.6 Å². The molecule has 1 aliphatic heterocycles. The van der Waals surface area contributed by atoms with Crippen molar-refractivity contribution in [2.75, 3.05) is 19.7 Å². The van der Waals surface area contributed by atoms with Crippen molar-refractivity contribution >= 4 is 35.0 Å². The van der Waals surface area contributed by atoms with Crippen LogP contribution in [0.3, 0.4) is 0 Å². The number of halogens is 2. The molecular formula is C13H14Cl2N2O3. The Kier molecular flexibility index (Phi) is 4.73. The molecule has 1 aromatic carbocycles. The van der Waals surface area contributed by atoms with Crippen molar-refractivity contribution in [3.05, 3.63) is 28.2 Å². The molecule has 1 aliphatic rings. The lowest BCUT2D eigenvalue weighted by atomic mass is 10.2. The predicted molar refractivity (Wildman–Crippen MR) is 76.1 cm³/mol. The molecule has 2 amide bonds. The quantitative estimate of drug-likeness (QED) is 0.923. The number of carbonyl (C=O) groups is 2. The second-order valence-corrected chi connectivity index (χ2v) is 5.45. The van der Waals surface area contributed by atoms with E-state index < -0.39 is 0 Å². The van der Waals surface area contributed by atoms with Crippen LogP contribution in [0.4, 0.5) is 0 Å². The zero-order valence-electron chi connectivity index (χ0n) is 10.9. The van der Waals surface area contributed by atoms with E-state index in [9.17, 15) is 9.59 Å². The molecule has 5 nitrogen and oxygen atoms in total. The molecule has 0 radical (unpaired) electrons. The first-order valence-electron chi connectivity index (χ1n) is 6.10. The van der Waals surface area contributed by atoms with E-state index >= 15 is 0 Å². The minimum Gasteiger partial charge on any atom is -0.482 e. The van der Waals surface area contributed by atoms with E-state index in [2.05, 4.69) is 5.32 Å². The Balaban J connectivity index is 1.93. The number of nitrogens with zero attached hydrogens (tertiary/aromatic N) is 1. The molecule has 1 N–H and O–H groups in total. The molecule has 0 aliphatic carbocycles. The summed E-state index contributed by atoms with van der Waals surface area (Å²) in [6, 6.07) is 4.71. The maximum Gasteiger partial charge on any atom is 0.261 e. The van der Waals surface area contributed by atoms with Crippen molar-refractivity contribution in [1.29, 1.82) is 0 Å². The number of carbonyl (C=O) groups excluding carboxylic acids is 2. The second kappa shape index (κ2) is 6.33. The molecule has 0 bridgehead atoms. The summed E-state index contributed by atoms with van der Waals surface area (Å²) < 4.78 is 5.36. The Morgan fingerprint density at radius 3 is 2.90 bits per heavy atom. The summed E-state index contributed by atoms with van der Waals surface area (Å²) in [7, 11) is 0. The number of hydrogen-bond donors (Lipinski definition) is 1. The van der Waals surface area contributed by atoms with Crippen LogP contribution in [0.25, 0.3) is 0 Å². The summed E-state index contributed by atoms with van der Waals surface area (Å²) in [5, 5.41) is 3.58. The lowest BCUT2D eigenvalue weighted by Gasteiger charge is -2.31. The molecule has 2 rings (SSSR count). The predicted octanol–water partition coefficient (Wildman–Crippen LogP) is 1.72. The molecule has 0 saturated carbocycles. The molecule has 1 saturated heterocycles. The summed E-state index contributed by atoms with van der Waals surface area (Å²) in [6.07, 6.45) is 0. The Bertz CT molecular complexity index is 536. The number of nitrogens with one attached hydrogen (secondary N) is 1. The monoisotopic (exact) mass is 316 g/mol. The Labute approximate surface area is 126 Å². The van der Waals surface area contributed by atoms with Crippen LogP contribution in [0.2, 0.25) is 10.0 Å². The summed E-state index contributed by atoms with van der Waals surface area (Å²) in [6.45, 7) is 2.21. The molecule has 1 fully saturated rings. The minimum absolute atomic E-state index is 0.0562. The number of rotatable bonds is 3. The van der Waals surface area contributed by atoms with Crippen LogP contribution in [0.5, 0.6) is 5.75 Å². The van der Waals surface area contributed by atoms with Crippen LogP contribution in [-0.2, 0) is 9.59 Å². The van der Waals surface area contributed by atoms with Gasteiger partial charge in [-0.3, -0.25) is 9.59 Å². The van der Waals surface area contributed by atoms with Gasteiger partial charge in [0.2, 0.25) is 5.91 Å². The van der Waals surface area contributed by atoms with E-state index in [1.54, 1.807) is 18.2 Å². The number of amides is 2. The first kappa shape index (κ1) is 14.9. The van der Waals surface area contributed by atoms with Gasteiger partial charge in [0.25, 0.3) is 5.91 Å². The molecule has 1 aromatic rings. The molecule has 0 spiro atoms. The van der Waals surface area contributed by atoms with E-state index in [0.29, 0.717) is 22.3 Å². The van der Waals surface area contributed by atoms with Gasteiger partial charge in [-0.15, -0.1) is 0 Å². The zero-order valence-corrected chi connectivity index (χ0v) is 12.4. The Morgan fingerprint density at radius 2 is 2.25 bits per heavy atom. The lowest BCUT2D eigenvalue weighted by Crippen LogP contribution is -2.55. The highest BCUT2D eigenvalue weighted by Crippen LogP contribution is 2.27. The highest BCUT2D eigenvalue weighted by atomic mass is 35.5. The molecule has 20 heavy (non-hydrogen) atoms. The van der Waals surface area contributed by atoms with Crippen LogP contribution in [0, 0.1) is 0 Å². The number of hydrogen-bond acceptors (Lipinski definition) is 3. The van der Waals surface area contributed by atoms with Crippen LogP contribution in [-0.4, -0.2) is 42.5 Å². The third-order valence-electron chi connectivity index (χ3n) is 2.83. The van der Waals surface area contributed by atoms with Gasteiger partial charge in [-0.2, -0.15) is 0 Å². The summed E-state index contributed by atoms with van der Waals surface area (Å²) in [5.41, 5.74) is 0. The van der Waals surface area contributed by atoms with Gasteiger partial charge < -0.3 is 15.0 Å². The molecule has 108 valence electrons. The van der Waals surface area contributed by atoms with Gasteiger partial charge >= 0.3 is 0 Å². The van der Waals surface area contributed by atoms with Crippen molar-refractivity contribution in [2.24, 2.45) is 0 Å². The summed E-state index contributed by atoms with van der Waals surface area (Å²) in [4.78, 5) is 24.8. The molecule has 0 aromatic heterocycles. The third-order valence-corrected chi connectivity index (χ3v) is 3.36. The second-order valence-electron chi connectivity index (χ2n) is 4.61. The first-order chi connectivity index (χ1) is 9.45. The fourth-order valence-electron chi connectivity index (χ4n) is 1.95. The van der Waals surface area contributed by atoms with Crippen LogP contribution >= 0.6 is 23.2 Å². The van der Waals surface area contributed by atoms with Crippen molar-refractivity contribution in [1.82, 2.24) is 10.2 Å². The largest absolute Gasteiger partial charge is 0.482 e. The van der Waals surface area contributed by atoms with E-state index in [1.807, 2.05) is 6.92 Å². The summed E-state index contributed by atoms with van der Waals surface area (Å²) >= 11 is 11.7. The molecule has 1 atom stereocenters. The maximum atomic E-state index is 12.0. The van der Waals surface area contributed by atoms with Gasteiger partial charge in [-0.25, -0.2) is 0 Å². The van der Waals surface area contributed by atoms with E-state index in [0.717, 1.165) is 0 Å². The minimum atomic E-state index is -0.252. The van der Waals surface area contributed by atoms with Gasteiger partial charge in [-0.05, 0) is 25.1 Å². The van der Waals surface area contributed by atoms with E-state index in [4.69, 9.17) is 27.9 Å². The highest BCUT2D eigenvalue weighted by molar-refractivity contribution is 6.35. The van der Waals surface area contributed by atoms with Gasteiger partial charge in [0.15, 0.2) is 6.61 Å². The Hall–Kier alpha value is -1.46. The van der Waals surface area contributed by atoms with Gasteiger partial charge in [0.05, 0.1) is 11.6 Å². The van der Waals surface area contributed by atoms with Crippen molar-refractivity contribution in [3.63, 3.8) is 0 Å². The van der Waals surface area contributed by atoms with Gasteiger partial charge in [-0.1, -0.05) is 23.2 Å².